The Morgan fingerprint density at radius 2 is 1.47 bits per heavy atom. The Kier molecular flexibility index (Phi) is 5.63. The van der Waals surface area contributed by atoms with Crippen LogP contribution in [0, 0.1) is 0 Å². The van der Waals surface area contributed by atoms with Gasteiger partial charge < -0.3 is 24.5 Å². The van der Waals surface area contributed by atoms with Crippen molar-refractivity contribution in [2.45, 2.75) is 0 Å². The van der Waals surface area contributed by atoms with Crippen LogP contribution < -0.4 is 10.6 Å². The molecule has 0 saturated heterocycles. The highest BCUT2D eigenvalue weighted by molar-refractivity contribution is 6.04. The van der Waals surface area contributed by atoms with Crippen molar-refractivity contribution in [2.75, 3.05) is 24.7 Å². The second-order valence-electron chi connectivity index (χ2n) is 7.11. The van der Waals surface area contributed by atoms with Gasteiger partial charge in [-0.05, 0) is 29.8 Å². The predicted octanol–water partition coefficient (Wildman–Crippen LogP) is 3.07. The summed E-state index contributed by atoms with van der Waals surface area (Å²) in [7, 11) is 6.90. The van der Waals surface area contributed by atoms with Crippen LogP contribution >= 0.6 is 0 Å². The molecule has 9 nitrogen and oxygen atoms in total. The summed E-state index contributed by atoms with van der Waals surface area (Å²) in [5.74, 6) is -0.436. The second-order valence-corrected chi connectivity index (χ2v) is 7.11. The molecule has 9 heteroatoms. The van der Waals surface area contributed by atoms with Crippen LogP contribution in [0.3, 0.4) is 0 Å². The van der Waals surface area contributed by atoms with E-state index in [1.165, 1.54) is 17.2 Å². The number of hydrogen-bond donors (Lipinski definition) is 3. The van der Waals surface area contributed by atoms with E-state index in [1.54, 1.807) is 42.4 Å². The molecule has 0 bridgehead atoms. The Balaban J connectivity index is 1.74. The zero-order chi connectivity index (χ0) is 22.0. The van der Waals surface area contributed by atoms with Crippen molar-refractivity contribution in [3.05, 3.63) is 60.2 Å². The molecule has 3 amide bonds. The molecular weight excluding hydrogens is 386 g/mol. The molecule has 0 atom stereocenters. The molecule has 0 unspecified atom stereocenters. The Morgan fingerprint density at radius 1 is 0.833 bits per heavy atom. The molecule has 3 aromatic rings. The summed E-state index contributed by atoms with van der Waals surface area (Å²) in [6.07, 6.45) is 2.21. The van der Waals surface area contributed by atoms with Gasteiger partial charge in [-0.15, -0.1) is 0 Å². The van der Waals surface area contributed by atoms with Gasteiger partial charge in [0.25, 0.3) is 11.8 Å². The summed E-state index contributed by atoms with van der Waals surface area (Å²) in [6, 6.07) is 10.6. The van der Waals surface area contributed by atoms with Crippen LogP contribution in [0.1, 0.15) is 21.0 Å². The number of aryl methyl sites for hydroxylation is 2. The number of nitrogens with zero attached hydrogens (tertiary/aromatic N) is 3. The molecule has 0 aliphatic heterocycles. The highest BCUT2D eigenvalue weighted by Crippen LogP contribution is 2.24. The largest absolute Gasteiger partial charge is 0.465 e. The van der Waals surface area contributed by atoms with Gasteiger partial charge in [-0.25, -0.2) is 4.79 Å². The van der Waals surface area contributed by atoms with Crippen molar-refractivity contribution in [3.8, 4) is 11.1 Å². The standard InChI is InChI=1S/C21H23N5O4/c1-24(2)20(28)18-9-14(11-25(18)3)13-5-7-15(8-6-13)22-19(27)17-10-16(12-26(17)4)23-21(29)30/h5-12,23H,1-4H3,(H,22,27)(H,29,30). The minimum atomic E-state index is -1.19. The van der Waals surface area contributed by atoms with Crippen LogP contribution in [0.4, 0.5) is 16.2 Å². The minimum absolute atomic E-state index is 0.0769. The molecule has 0 radical (unpaired) electrons. The number of carbonyl (C=O) groups excluding carboxylic acids is 2. The molecule has 3 rings (SSSR count). The molecule has 0 spiro atoms. The molecule has 30 heavy (non-hydrogen) atoms. The maximum absolute atomic E-state index is 12.5. The Bertz CT molecular complexity index is 1110. The van der Waals surface area contributed by atoms with E-state index in [1.807, 2.05) is 31.4 Å². The number of hydrogen-bond acceptors (Lipinski definition) is 3. The molecule has 0 aliphatic carbocycles. The average molecular weight is 409 g/mol. The maximum atomic E-state index is 12.5. The van der Waals surface area contributed by atoms with Crippen LogP contribution in [-0.2, 0) is 14.1 Å². The molecule has 1 aromatic carbocycles. The molecule has 0 fully saturated rings. The molecule has 0 saturated carbocycles. The number of carbonyl (C=O) groups is 3. The first-order valence-electron chi connectivity index (χ1n) is 9.12. The zero-order valence-corrected chi connectivity index (χ0v) is 17.1. The second kappa shape index (κ2) is 8.16. The zero-order valence-electron chi connectivity index (χ0n) is 17.1. The van der Waals surface area contributed by atoms with Gasteiger partial charge in [-0.3, -0.25) is 14.9 Å². The fourth-order valence-corrected chi connectivity index (χ4v) is 3.09. The summed E-state index contributed by atoms with van der Waals surface area (Å²) in [5, 5.41) is 13.8. The molecule has 156 valence electrons. The quantitative estimate of drug-likeness (QED) is 0.602. The van der Waals surface area contributed by atoms with Gasteiger partial charge in [0.15, 0.2) is 0 Å². The van der Waals surface area contributed by atoms with E-state index in [0.29, 0.717) is 22.8 Å². The van der Waals surface area contributed by atoms with Gasteiger partial charge in [0.1, 0.15) is 11.4 Å². The molecule has 2 heterocycles. The summed E-state index contributed by atoms with van der Waals surface area (Å²) in [4.78, 5) is 37.0. The van der Waals surface area contributed by atoms with Crippen molar-refractivity contribution in [1.82, 2.24) is 14.0 Å². The van der Waals surface area contributed by atoms with E-state index < -0.39 is 6.09 Å². The average Bonchev–Trinajstić information content (AvgIpc) is 3.23. The third kappa shape index (κ3) is 4.35. The summed E-state index contributed by atoms with van der Waals surface area (Å²) in [6.45, 7) is 0. The van der Waals surface area contributed by atoms with Crippen LogP contribution in [0.5, 0.6) is 0 Å². The Hall–Kier alpha value is -4.01. The van der Waals surface area contributed by atoms with E-state index in [-0.39, 0.29) is 11.8 Å². The van der Waals surface area contributed by atoms with Crippen molar-refractivity contribution >= 4 is 29.3 Å². The summed E-state index contributed by atoms with van der Waals surface area (Å²) in [5.41, 5.74) is 3.62. The minimum Gasteiger partial charge on any atom is -0.465 e. The number of amides is 3. The van der Waals surface area contributed by atoms with Gasteiger partial charge in [-0.1, -0.05) is 12.1 Å². The van der Waals surface area contributed by atoms with Crippen molar-refractivity contribution in [2.24, 2.45) is 14.1 Å². The number of benzene rings is 1. The number of carboxylic acid groups (broad SMARTS) is 1. The smallest absolute Gasteiger partial charge is 0.409 e. The lowest BCUT2D eigenvalue weighted by Gasteiger charge is -2.10. The van der Waals surface area contributed by atoms with Crippen molar-refractivity contribution < 1.29 is 19.5 Å². The first kappa shape index (κ1) is 20.7. The Morgan fingerprint density at radius 3 is 2.07 bits per heavy atom. The van der Waals surface area contributed by atoms with Crippen LogP contribution in [0.15, 0.2) is 48.8 Å². The molecular formula is C21H23N5O4. The van der Waals surface area contributed by atoms with Crippen LogP contribution in [0.2, 0.25) is 0 Å². The number of anilines is 2. The summed E-state index contributed by atoms with van der Waals surface area (Å²) < 4.78 is 3.33. The molecule has 3 N–H and O–H groups in total. The van der Waals surface area contributed by atoms with Crippen LogP contribution in [0.25, 0.3) is 11.1 Å². The van der Waals surface area contributed by atoms with Crippen molar-refractivity contribution in [3.63, 3.8) is 0 Å². The lowest BCUT2D eigenvalue weighted by Crippen LogP contribution is -2.23. The van der Waals surface area contributed by atoms with E-state index in [0.717, 1.165) is 11.1 Å². The SMILES string of the molecule is CN(C)C(=O)c1cc(-c2ccc(NC(=O)c3cc(NC(=O)O)cn3C)cc2)cn1C. The fraction of sp³-hybridized carbons (Fsp3) is 0.190. The predicted molar refractivity (Wildman–Crippen MR) is 114 cm³/mol. The number of nitrogens with one attached hydrogen (secondary N) is 2. The maximum Gasteiger partial charge on any atom is 0.409 e. The van der Waals surface area contributed by atoms with E-state index in [4.69, 9.17) is 5.11 Å². The van der Waals surface area contributed by atoms with Gasteiger partial charge in [-0.2, -0.15) is 0 Å². The first-order valence-corrected chi connectivity index (χ1v) is 9.12. The summed E-state index contributed by atoms with van der Waals surface area (Å²) >= 11 is 0. The van der Waals surface area contributed by atoms with Gasteiger partial charge in [0.2, 0.25) is 0 Å². The normalized spacial score (nSPS) is 10.5. The number of rotatable bonds is 5. The lowest BCUT2D eigenvalue weighted by atomic mass is 10.1. The van der Waals surface area contributed by atoms with Gasteiger partial charge >= 0.3 is 6.09 Å². The van der Waals surface area contributed by atoms with E-state index in [9.17, 15) is 14.4 Å². The highest BCUT2D eigenvalue weighted by atomic mass is 16.4. The van der Waals surface area contributed by atoms with E-state index in [2.05, 4.69) is 10.6 Å². The van der Waals surface area contributed by atoms with E-state index >= 15 is 0 Å². The molecule has 0 aliphatic rings. The number of aromatic nitrogens is 2. The highest BCUT2D eigenvalue weighted by Gasteiger charge is 2.15. The third-order valence-corrected chi connectivity index (χ3v) is 4.60. The van der Waals surface area contributed by atoms with Crippen molar-refractivity contribution in [1.29, 1.82) is 0 Å². The fourth-order valence-electron chi connectivity index (χ4n) is 3.09. The van der Waals surface area contributed by atoms with Crippen LogP contribution in [-0.4, -0.2) is 51.1 Å². The monoisotopic (exact) mass is 409 g/mol. The Labute approximate surface area is 173 Å². The molecule has 2 aromatic heterocycles. The van der Waals surface area contributed by atoms with Gasteiger partial charge in [0, 0.05) is 51.8 Å². The third-order valence-electron chi connectivity index (χ3n) is 4.60. The van der Waals surface area contributed by atoms with Gasteiger partial charge in [0.05, 0.1) is 5.69 Å². The lowest BCUT2D eigenvalue weighted by molar-refractivity contribution is 0.0818. The topological polar surface area (TPSA) is 109 Å². The first-order chi connectivity index (χ1) is 14.2.